The highest BCUT2D eigenvalue weighted by Crippen LogP contribution is 2.29. The van der Waals surface area contributed by atoms with Gasteiger partial charge in [-0.1, -0.05) is 72.3 Å². The molecule has 36 heavy (non-hydrogen) atoms. The van der Waals surface area contributed by atoms with Crippen molar-refractivity contribution >= 4 is 23.4 Å². The Balaban J connectivity index is 1.25. The van der Waals surface area contributed by atoms with Crippen molar-refractivity contribution in [2.45, 2.75) is 18.1 Å². The van der Waals surface area contributed by atoms with Crippen molar-refractivity contribution in [1.29, 1.82) is 0 Å². The molecule has 2 heterocycles. The first-order chi connectivity index (χ1) is 17.5. The van der Waals surface area contributed by atoms with Gasteiger partial charge in [-0.2, -0.15) is 0 Å². The van der Waals surface area contributed by atoms with Crippen LogP contribution in [0.4, 0.5) is 0 Å². The van der Waals surface area contributed by atoms with E-state index in [2.05, 4.69) is 4.90 Å². The van der Waals surface area contributed by atoms with Gasteiger partial charge in [0.2, 0.25) is 5.91 Å². The van der Waals surface area contributed by atoms with Crippen LogP contribution in [-0.2, 0) is 4.79 Å². The third-order valence-electron chi connectivity index (χ3n) is 7.25. The van der Waals surface area contributed by atoms with Crippen LogP contribution < -0.4 is 0 Å². The fraction of sp³-hybridized carbons (Fsp3) is 0.310. The van der Waals surface area contributed by atoms with E-state index in [1.807, 2.05) is 65.6 Å². The zero-order valence-corrected chi connectivity index (χ0v) is 20.8. The van der Waals surface area contributed by atoms with Crippen molar-refractivity contribution in [3.63, 3.8) is 0 Å². The van der Waals surface area contributed by atoms with Crippen molar-refractivity contribution in [3.8, 4) is 0 Å². The summed E-state index contributed by atoms with van der Waals surface area (Å²) in [5.41, 5.74) is 2.51. The van der Waals surface area contributed by atoms with Crippen LogP contribution in [0.2, 0.25) is 5.02 Å². The Hall–Kier alpha value is -3.19. The number of aliphatic hydroxyl groups excluding tert-OH is 1. The molecule has 5 rings (SSSR count). The molecular formula is C29H30ClN3O3. The molecule has 3 aromatic rings. The molecule has 1 N–H and O–H groups in total. The molecule has 2 saturated heterocycles. The summed E-state index contributed by atoms with van der Waals surface area (Å²) in [6.45, 7) is 3.25. The second-order valence-corrected chi connectivity index (χ2v) is 9.90. The quantitative estimate of drug-likeness (QED) is 0.579. The smallest absolute Gasteiger partial charge is 0.253 e. The topological polar surface area (TPSA) is 64.1 Å². The largest absolute Gasteiger partial charge is 0.390 e. The minimum absolute atomic E-state index is 0.00509. The average Bonchev–Trinajstić information content (AvgIpc) is 3.32. The first-order valence-electron chi connectivity index (χ1n) is 12.4. The van der Waals surface area contributed by atoms with Crippen molar-refractivity contribution in [2.75, 3.05) is 39.3 Å². The van der Waals surface area contributed by atoms with Gasteiger partial charge >= 0.3 is 0 Å². The Kier molecular flexibility index (Phi) is 7.37. The molecule has 0 aliphatic carbocycles. The molecule has 2 aliphatic rings. The summed E-state index contributed by atoms with van der Waals surface area (Å²) in [6.07, 6.45) is -0.625. The molecule has 6 nitrogen and oxygen atoms in total. The van der Waals surface area contributed by atoms with E-state index in [1.54, 1.807) is 29.2 Å². The second-order valence-electron chi connectivity index (χ2n) is 9.47. The van der Waals surface area contributed by atoms with Gasteiger partial charge in [0.25, 0.3) is 5.91 Å². The molecule has 2 atom stereocenters. The number of hydrogen-bond acceptors (Lipinski definition) is 4. The van der Waals surface area contributed by atoms with Crippen molar-refractivity contribution < 1.29 is 14.7 Å². The van der Waals surface area contributed by atoms with Crippen LogP contribution in [0.3, 0.4) is 0 Å². The molecule has 2 unspecified atom stereocenters. The number of carbonyl (C=O) groups excluding carboxylic acids is 2. The maximum absolute atomic E-state index is 13.8. The summed E-state index contributed by atoms with van der Waals surface area (Å²) in [5.74, 6) is -0.415. The van der Waals surface area contributed by atoms with Crippen LogP contribution in [0.25, 0.3) is 0 Å². The van der Waals surface area contributed by atoms with Crippen LogP contribution >= 0.6 is 11.6 Å². The molecule has 2 aliphatic heterocycles. The van der Waals surface area contributed by atoms with Crippen LogP contribution in [0.15, 0.2) is 84.9 Å². The zero-order chi connectivity index (χ0) is 25.1. The second kappa shape index (κ2) is 10.8. The Morgan fingerprint density at radius 3 is 1.86 bits per heavy atom. The van der Waals surface area contributed by atoms with E-state index >= 15 is 0 Å². The molecule has 0 radical (unpaired) electrons. The molecule has 0 saturated carbocycles. The van der Waals surface area contributed by atoms with Crippen molar-refractivity contribution in [3.05, 3.63) is 107 Å². The van der Waals surface area contributed by atoms with Gasteiger partial charge in [-0.3, -0.25) is 14.5 Å². The lowest BCUT2D eigenvalue weighted by Gasteiger charge is -2.38. The number of amides is 2. The average molecular weight is 504 g/mol. The van der Waals surface area contributed by atoms with Crippen LogP contribution in [0.1, 0.15) is 27.4 Å². The fourth-order valence-corrected chi connectivity index (χ4v) is 5.42. The number of aliphatic hydroxyl groups is 1. The Morgan fingerprint density at radius 2 is 1.31 bits per heavy atom. The van der Waals surface area contributed by atoms with Gasteiger partial charge in [0.15, 0.2) is 0 Å². The number of β-amino-alcohol motifs (C(OH)–C–C–N with tert-alkyl or cyclic N) is 1. The molecular weight excluding hydrogens is 474 g/mol. The summed E-state index contributed by atoms with van der Waals surface area (Å²) in [5, 5.41) is 11.5. The fourth-order valence-electron chi connectivity index (χ4n) is 5.29. The molecule has 2 amide bonds. The van der Waals surface area contributed by atoms with Crippen LogP contribution in [0, 0.1) is 0 Å². The number of benzene rings is 3. The molecule has 186 valence electrons. The minimum atomic E-state index is -0.625. The zero-order valence-electron chi connectivity index (χ0n) is 20.0. The van der Waals surface area contributed by atoms with E-state index in [-0.39, 0.29) is 17.9 Å². The van der Waals surface area contributed by atoms with Crippen molar-refractivity contribution in [1.82, 2.24) is 14.7 Å². The van der Waals surface area contributed by atoms with Gasteiger partial charge in [-0.15, -0.1) is 0 Å². The van der Waals surface area contributed by atoms with E-state index in [0.717, 1.165) is 11.1 Å². The number of nitrogens with zero attached hydrogens (tertiary/aromatic N) is 3. The monoisotopic (exact) mass is 503 g/mol. The lowest BCUT2D eigenvalue weighted by atomic mass is 9.90. The predicted molar refractivity (Wildman–Crippen MR) is 140 cm³/mol. The summed E-state index contributed by atoms with van der Waals surface area (Å²) in [4.78, 5) is 32.5. The molecule has 7 heteroatoms. The summed E-state index contributed by atoms with van der Waals surface area (Å²) >= 11 is 5.95. The molecule has 0 bridgehead atoms. The van der Waals surface area contributed by atoms with E-state index in [1.165, 1.54) is 0 Å². The number of carbonyl (C=O) groups is 2. The highest BCUT2D eigenvalue weighted by Gasteiger charge is 2.41. The lowest BCUT2D eigenvalue weighted by Crippen LogP contribution is -2.55. The third-order valence-corrected chi connectivity index (χ3v) is 7.50. The number of piperazine rings is 1. The highest BCUT2D eigenvalue weighted by atomic mass is 35.5. The Bertz CT molecular complexity index is 1140. The van der Waals surface area contributed by atoms with E-state index in [9.17, 15) is 14.7 Å². The van der Waals surface area contributed by atoms with Crippen LogP contribution in [0.5, 0.6) is 0 Å². The van der Waals surface area contributed by atoms with Gasteiger partial charge in [0.05, 0.1) is 18.1 Å². The Morgan fingerprint density at radius 1 is 0.750 bits per heavy atom. The van der Waals surface area contributed by atoms with Gasteiger partial charge in [-0.05, 0) is 35.4 Å². The SMILES string of the molecule is O=C(c1ccc(Cl)cc1)N1CCN(C2CN(C(=O)C(c3ccccc3)c3ccccc3)CC2O)CC1. The lowest BCUT2D eigenvalue weighted by molar-refractivity contribution is -0.131. The molecule has 2 fully saturated rings. The van der Waals surface area contributed by atoms with Gasteiger partial charge in [-0.25, -0.2) is 0 Å². The summed E-state index contributed by atoms with van der Waals surface area (Å²) < 4.78 is 0. The van der Waals surface area contributed by atoms with Gasteiger partial charge in [0.1, 0.15) is 0 Å². The van der Waals surface area contributed by atoms with Gasteiger partial charge < -0.3 is 14.9 Å². The first-order valence-corrected chi connectivity index (χ1v) is 12.7. The summed E-state index contributed by atoms with van der Waals surface area (Å²) in [6, 6.07) is 26.4. The van der Waals surface area contributed by atoms with E-state index < -0.39 is 12.0 Å². The number of hydrogen-bond donors (Lipinski definition) is 1. The molecule has 0 spiro atoms. The van der Waals surface area contributed by atoms with Gasteiger partial charge in [0, 0.05) is 49.9 Å². The Labute approximate surface area is 216 Å². The van der Waals surface area contributed by atoms with E-state index in [0.29, 0.717) is 49.9 Å². The maximum atomic E-state index is 13.8. The van der Waals surface area contributed by atoms with Crippen LogP contribution in [-0.4, -0.2) is 83.0 Å². The highest BCUT2D eigenvalue weighted by molar-refractivity contribution is 6.30. The predicted octanol–water partition coefficient (Wildman–Crippen LogP) is 3.50. The standard InChI is InChI=1S/C29H30ClN3O3/c30-24-13-11-23(12-14-24)28(35)32-17-15-31(16-18-32)25-19-33(20-26(25)34)29(36)27(21-7-3-1-4-8-21)22-9-5-2-6-10-22/h1-14,25-27,34H,15-20H2. The number of halogens is 1. The first kappa shape index (κ1) is 24.5. The van der Waals surface area contributed by atoms with E-state index in [4.69, 9.17) is 11.6 Å². The third kappa shape index (κ3) is 5.16. The normalized spacial score (nSPS) is 20.6. The molecule has 0 aromatic heterocycles. The summed E-state index contributed by atoms with van der Waals surface area (Å²) in [7, 11) is 0. The number of likely N-dealkylation sites (tertiary alicyclic amines) is 1. The number of rotatable bonds is 5. The minimum Gasteiger partial charge on any atom is -0.390 e. The molecule has 3 aromatic carbocycles. The van der Waals surface area contributed by atoms with Crippen molar-refractivity contribution in [2.24, 2.45) is 0 Å². The maximum Gasteiger partial charge on any atom is 0.253 e.